The molecule has 1 saturated heterocycles. The van der Waals surface area contributed by atoms with Crippen molar-refractivity contribution in [2.75, 3.05) is 32.8 Å². The number of benzene rings is 1. The molecule has 0 unspecified atom stereocenters. The molecular weight excluding hydrogens is 389 g/mol. The van der Waals surface area contributed by atoms with Crippen molar-refractivity contribution >= 4 is 11.6 Å². The summed E-state index contributed by atoms with van der Waals surface area (Å²) in [7, 11) is 0. The molecule has 3 aromatic rings. The molecule has 0 saturated carbocycles. The van der Waals surface area contributed by atoms with Crippen LogP contribution in [0.25, 0.3) is 16.8 Å². The number of halogens is 1. The second-order valence-corrected chi connectivity index (χ2v) is 7.04. The summed E-state index contributed by atoms with van der Waals surface area (Å²) < 4.78 is 20.7. The monoisotopic (exact) mass is 411 g/mol. The molecule has 1 aromatic carbocycles. The topological polar surface area (TPSA) is 94.9 Å². The molecule has 0 radical (unpaired) electrons. The summed E-state index contributed by atoms with van der Waals surface area (Å²) in [6.45, 7) is 2.32. The second kappa shape index (κ2) is 8.60. The Balaban J connectivity index is 1.58. The van der Waals surface area contributed by atoms with Crippen LogP contribution in [-0.4, -0.2) is 57.8 Å². The van der Waals surface area contributed by atoms with E-state index in [0.717, 1.165) is 11.1 Å². The number of hydrogen-bond donors (Lipinski definition) is 1. The first-order valence-electron chi connectivity index (χ1n) is 9.65. The summed E-state index contributed by atoms with van der Waals surface area (Å²) in [6, 6.07) is 10.9. The molecule has 0 bridgehead atoms. The Morgan fingerprint density at radius 1 is 1.17 bits per heavy atom. The molecule has 1 aliphatic rings. The van der Waals surface area contributed by atoms with Crippen LogP contribution in [0.1, 0.15) is 10.4 Å². The van der Waals surface area contributed by atoms with Crippen molar-refractivity contribution in [1.82, 2.24) is 19.1 Å². The lowest BCUT2D eigenvalue weighted by molar-refractivity contribution is 0.0303. The number of hydrogen-bond acceptors (Lipinski definition) is 5. The first-order valence-corrected chi connectivity index (χ1v) is 9.65. The average molecular weight is 411 g/mol. The van der Waals surface area contributed by atoms with Crippen molar-refractivity contribution in [1.29, 1.82) is 0 Å². The number of ether oxygens (including phenoxy) is 1. The van der Waals surface area contributed by atoms with Crippen molar-refractivity contribution < 1.29 is 13.9 Å². The third kappa shape index (κ3) is 3.89. The van der Waals surface area contributed by atoms with Crippen molar-refractivity contribution in [3.63, 3.8) is 0 Å². The Hall–Kier alpha value is -3.30. The number of carbonyl (C=O) groups is 1. The predicted octanol–water partition coefficient (Wildman–Crippen LogP) is 1.45. The third-order valence-electron chi connectivity index (χ3n) is 5.12. The molecule has 8 nitrogen and oxygen atoms in total. The van der Waals surface area contributed by atoms with E-state index in [4.69, 9.17) is 10.5 Å². The summed E-state index contributed by atoms with van der Waals surface area (Å²) >= 11 is 0. The zero-order valence-electron chi connectivity index (χ0n) is 16.3. The van der Waals surface area contributed by atoms with Gasteiger partial charge in [0.05, 0.1) is 26.1 Å². The summed E-state index contributed by atoms with van der Waals surface area (Å²) in [5.41, 5.74) is 8.19. The van der Waals surface area contributed by atoms with Crippen LogP contribution in [0.4, 0.5) is 4.39 Å². The second-order valence-electron chi connectivity index (χ2n) is 7.04. The standard InChI is InChI=1S/C21H22FN5O3/c22-12-15(13-23)14-27-21(29)26-6-5-18(11-19(26)24-27)16-1-3-17(4-2-16)20(28)25-7-9-30-10-8-25/h1-6,11-12H,7-10,13-14,23H2/b15-12+. The largest absolute Gasteiger partial charge is 0.378 e. The van der Waals surface area contributed by atoms with E-state index in [1.165, 1.54) is 9.08 Å². The molecule has 30 heavy (non-hydrogen) atoms. The molecule has 156 valence electrons. The molecule has 2 N–H and O–H groups in total. The highest BCUT2D eigenvalue weighted by Crippen LogP contribution is 2.21. The number of aromatic nitrogens is 3. The Bertz CT molecular complexity index is 1140. The first-order chi connectivity index (χ1) is 14.6. The molecular formula is C21H22FN5O3. The summed E-state index contributed by atoms with van der Waals surface area (Å²) in [5.74, 6) is -0.0118. The van der Waals surface area contributed by atoms with E-state index < -0.39 is 0 Å². The fourth-order valence-corrected chi connectivity index (χ4v) is 3.39. The molecule has 0 aliphatic carbocycles. The van der Waals surface area contributed by atoms with E-state index in [2.05, 4.69) is 5.10 Å². The van der Waals surface area contributed by atoms with Gasteiger partial charge in [-0.05, 0) is 41.0 Å². The van der Waals surface area contributed by atoms with Gasteiger partial charge in [-0.3, -0.25) is 9.20 Å². The number of rotatable bonds is 5. The van der Waals surface area contributed by atoms with Gasteiger partial charge in [0.2, 0.25) is 0 Å². The van der Waals surface area contributed by atoms with Gasteiger partial charge in [0.1, 0.15) is 0 Å². The smallest absolute Gasteiger partial charge is 0.350 e. The number of pyridine rings is 1. The van der Waals surface area contributed by atoms with Crippen molar-refractivity contribution in [2.45, 2.75) is 6.54 Å². The van der Waals surface area contributed by atoms with Crippen LogP contribution in [-0.2, 0) is 11.3 Å². The first kappa shape index (κ1) is 20.0. The fourth-order valence-electron chi connectivity index (χ4n) is 3.39. The van der Waals surface area contributed by atoms with Gasteiger partial charge in [-0.15, -0.1) is 5.10 Å². The van der Waals surface area contributed by atoms with E-state index in [0.29, 0.717) is 43.8 Å². The summed E-state index contributed by atoms with van der Waals surface area (Å²) in [5, 5.41) is 4.27. The average Bonchev–Trinajstić information content (AvgIpc) is 3.12. The van der Waals surface area contributed by atoms with Gasteiger partial charge in [-0.1, -0.05) is 12.1 Å². The van der Waals surface area contributed by atoms with E-state index in [9.17, 15) is 14.0 Å². The number of amides is 1. The van der Waals surface area contributed by atoms with Gasteiger partial charge >= 0.3 is 5.69 Å². The van der Waals surface area contributed by atoms with Gasteiger partial charge in [0.15, 0.2) is 5.65 Å². The van der Waals surface area contributed by atoms with E-state index in [-0.39, 0.29) is 30.3 Å². The lowest BCUT2D eigenvalue weighted by Gasteiger charge is -2.26. The summed E-state index contributed by atoms with van der Waals surface area (Å²) in [4.78, 5) is 26.8. The Kier molecular flexibility index (Phi) is 5.73. The van der Waals surface area contributed by atoms with Gasteiger partial charge in [0.25, 0.3) is 5.91 Å². The van der Waals surface area contributed by atoms with Crippen molar-refractivity contribution in [2.24, 2.45) is 5.73 Å². The van der Waals surface area contributed by atoms with Crippen LogP contribution in [0.2, 0.25) is 0 Å². The lowest BCUT2D eigenvalue weighted by atomic mass is 10.0. The van der Waals surface area contributed by atoms with Gasteiger partial charge in [-0.25, -0.2) is 13.9 Å². The minimum Gasteiger partial charge on any atom is -0.378 e. The van der Waals surface area contributed by atoms with Crippen LogP contribution in [0.5, 0.6) is 0 Å². The van der Waals surface area contributed by atoms with Crippen LogP contribution in [0.15, 0.2) is 59.3 Å². The number of fused-ring (bicyclic) bond motifs is 1. The van der Waals surface area contributed by atoms with Crippen LogP contribution in [0, 0.1) is 0 Å². The zero-order valence-corrected chi connectivity index (χ0v) is 16.3. The minimum atomic E-state index is -0.365. The zero-order chi connectivity index (χ0) is 21.1. The van der Waals surface area contributed by atoms with E-state index in [1.54, 1.807) is 35.4 Å². The predicted molar refractivity (Wildman–Crippen MR) is 110 cm³/mol. The molecule has 0 atom stereocenters. The Morgan fingerprint density at radius 2 is 1.90 bits per heavy atom. The maximum Gasteiger partial charge on any atom is 0.350 e. The highest BCUT2D eigenvalue weighted by atomic mass is 19.1. The van der Waals surface area contributed by atoms with Crippen LogP contribution < -0.4 is 11.4 Å². The minimum absolute atomic E-state index is 0.00119. The van der Waals surface area contributed by atoms with Crippen molar-refractivity contribution in [3.8, 4) is 11.1 Å². The molecule has 1 aliphatic heterocycles. The van der Waals surface area contributed by atoms with Crippen molar-refractivity contribution in [3.05, 3.63) is 70.5 Å². The molecule has 4 rings (SSSR count). The molecule has 1 amide bonds. The number of nitrogens with zero attached hydrogens (tertiary/aromatic N) is 4. The summed E-state index contributed by atoms with van der Waals surface area (Å²) in [6.07, 6.45) is 2.03. The molecule has 2 aromatic heterocycles. The van der Waals surface area contributed by atoms with E-state index in [1.807, 2.05) is 12.1 Å². The molecule has 0 spiro atoms. The number of nitrogens with two attached hydrogens (primary N) is 1. The van der Waals surface area contributed by atoms with E-state index >= 15 is 0 Å². The Morgan fingerprint density at radius 3 is 2.57 bits per heavy atom. The maximum atomic E-state index is 12.8. The fraction of sp³-hybridized carbons (Fsp3) is 0.286. The number of morpholine rings is 1. The molecule has 1 fully saturated rings. The maximum absolute atomic E-state index is 12.8. The third-order valence-corrected chi connectivity index (χ3v) is 5.12. The number of carbonyl (C=O) groups excluding carboxylic acids is 1. The molecule has 9 heteroatoms. The highest BCUT2D eigenvalue weighted by Gasteiger charge is 2.18. The van der Waals surface area contributed by atoms with Crippen LogP contribution >= 0.6 is 0 Å². The van der Waals surface area contributed by atoms with Gasteiger partial charge < -0.3 is 15.4 Å². The van der Waals surface area contributed by atoms with Gasteiger partial charge in [0, 0.05) is 31.4 Å². The SMILES string of the molecule is NC/C(=C\F)Cn1nc2cc(-c3ccc(C(=O)N4CCOCC4)cc3)ccn2c1=O. The highest BCUT2D eigenvalue weighted by molar-refractivity contribution is 5.94. The van der Waals surface area contributed by atoms with Gasteiger partial charge in [-0.2, -0.15) is 0 Å². The molecule has 3 heterocycles. The lowest BCUT2D eigenvalue weighted by Crippen LogP contribution is -2.40. The van der Waals surface area contributed by atoms with Crippen LogP contribution in [0.3, 0.4) is 0 Å². The Labute approximate surface area is 172 Å². The quantitative estimate of drug-likeness (QED) is 0.686. The normalized spacial score (nSPS) is 15.0.